The van der Waals surface area contributed by atoms with Crippen molar-refractivity contribution in [3.8, 4) is 10.6 Å². The van der Waals surface area contributed by atoms with Crippen LogP contribution >= 0.6 is 22.9 Å². The molecule has 20 heavy (non-hydrogen) atoms. The first-order valence-electron chi connectivity index (χ1n) is 5.24. The summed E-state index contributed by atoms with van der Waals surface area (Å²) in [7, 11) is 0. The van der Waals surface area contributed by atoms with Crippen LogP contribution < -0.4 is 0 Å². The van der Waals surface area contributed by atoms with Gasteiger partial charge in [0.2, 0.25) is 0 Å². The zero-order chi connectivity index (χ0) is 14.4. The molecule has 0 fully saturated rings. The first-order chi connectivity index (χ1) is 9.52. The molecule has 0 bridgehead atoms. The minimum Gasteiger partial charge on any atom is -0.203 e. The molecule has 2 nitrogen and oxygen atoms in total. The van der Waals surface area contributed by atoms with E-state index in [4.69, 9.17) is 11.6 Å². The molecule has 2 heterocycles. The summed E-state index contributed by atoms with van der Waals surface area (Å²) in [5.74, 6) is -6.96. The fourth-order valence-electron chi connectivity index (χ4n) is 1.83. The van der Waals surface area contributed by atoms with Gasteiger partial charge < -0.3 is 0 Å². The molecule has 0 atom stereocenters. The highest BCUT2D eigenvalue weighted by Gasteiger charge is 2.26. The zero-order valence-corrected chi connectivity index (χ0v) is 11.0. The third kappa shape index (κ3) is 1.77. The standard InChI is InChI=1S/C12H3ClF4N2S/c13-12-6-5(7(14)9(16)10(17)8(6)15)11(18-19-12)4-2-1-3-20-4/h1-3H. The van der Waals surface area contributed by atoms with Crippen molar-refractivity contribution in [2.75, 3.05) is 0 Å². The molecule has 102 valence electrons. The van der Waals surface area contributed by atoms with Gasteiger partial charge in [0, 0.05) is 0 Å². The highest BCUT2D eigenvalue weighted by Crippen LogP contribution is 2.37. The van der Waals surface area contributed by atoms with Crippen LogP contribution in [-0.4, -0.2) is 10.2 Å². The van der Waals surface area contributed by atoms with Crippen LogP contribution in [0.1, 0.15) is 0 Å². The lowest BCUT2D eigenvalue weighted by Crippen LogP contribution is -2.02. The Kier molecular flexibility index (Phi) is 3.10. The normalized spacial score (nSPS) is 11.2. The molecule has 0 amide bonds. The van der Waals surface area contributed by atoms with E-state index in [1.54, 1.807) is 17.5 Å². The molecule has 2 aromatic heterocycles. The zero-order valence-electron chi connectivity index (χ0n) is 9.42. The van der Waals surface area contributed by atoms with E-state index in [1.165, 1.54) is 11.3 Å². The number of benzene rings is 1. The number of halogens is 5. The Morgan fingerprint density at radius 1 is 0.900 bits per heavy atom. The molecule has 1 aromatic carbocycles. The summed E-state index contributed by atoms with van der Waals surface area (Å²) in [4.78, 5) is 0.434. The van der Waals surface area contributed by atoms with Gasteiger partial charge >= 0.3 is 0 Å². The fraction of sp³-hybridized carbons (Fsp3) is 0. The number of fused-ring (bicyclic) bond motifs is 1. The van der Waals surface area contributed by atoms with Crippen molar-refractivity contribution < 1.29 is 17.6 Å². The summed E-state index contributed by atoms with van der Waals surface area (Å²) in [6.45, 7) is 0. The predicted molar refractivity (Wildman–Crippen MR) is 67.7 cm³/mol. The van der Waals surface area contributed by atoms with Gasteiger partial charge in [-0.25, -0.2) is 17.6 Å². The number of aromatic nitrogens is 2. The van der Waals surface area contributed by atoms with Crippen LogP contribution in [0, 0.1) is 23.3 Å². The SMILES string of the molecule is Fc1c(F)c(F)c2c(-c3cccs3)nnc(Cl)c2c1F. The smallest absolute Gasteiger partial charge is 0.198 e. The van der Waals surface area contributed by atoms with E-state index in [9.17, 15) is 17.6 Å². The molecule has 0 radical (unpaired) electrons. The number of nitrogens with zero attached hydrogens (tertiary/aromatic N) is 2. The second kappa shape index (κ2) is 4.68. The number of rotatable bonds is 1. The van der Waals surface area contributed by atoms with Crippen molar-refractivity contribution in [2.24, 2.45) is 0 Å². The van der Waals surface area contributed by atoms with E-state index in [0.717, 1.165) is 0 Å². The van der Waals surface area contributed by atoms with Gasteiger partial charge in [0.15, 0.2) is 28.4 Å². The lowest BCUT2D eigenvalue weighted by atomic mass is 10.1. The Hall–Kier alpha value is -1.73. The molecule has 0 unspecified atom stereocenters. The molecule has 0 aliphatic carbocycles. The van der Waals surface area contributed by atoms with E-state index in [-0.39, 0.29) is 5.69 Å². The number of hydrogen-bond donors (Lipinski definition) is 0. The molecular weight excluding hydrogens is 316 g/mol. The van der Waals surface area contributed by atoms with Crippen LogP contribution in [0.5, 0.6) is 0 Å². The second-order valence-electron chi connectivity index (χ2n) is 3.82. The maximum absolute atomic E-state index is 14.0. The van der Waals surface area contributed by atoms with E-state index in [0.29, 0.717) is 4.88 Å². The van der Waals surface area contributed by atoms with Gasteiger partial charge in [0.25, 0.3) is 0 Å². The summed E-state index contributed by atoms with van der Waals surface area (Å²) < 4.78 is 54.4. The molecule has 3 aromatic rings. The maximum atomic E-state index is 14.0. The molecule has 0 aliphatic heterocycles. The quantitative estimate of drug-likeness (QED) is 0.373. The molecule has 0 N–H and O–H groups in total. The maximum Gasteiger partial charge on any atom is 0.198 e. The highest BCUT2D eigenvalue weighted by molar-refractivity contribution is 7.13. The van der Waals surface area contributed by atoms with E-state index < -0.39 is 39.2 Å². The molecule has 8 heteroatoms. The Morgan fingerprint density at radius 2 is 1.55 bits per heavy atom. The summed E-state index contributed by atoms with van der Waals surface area (Å²) in [5.41, 5.74) is -0.0882. The van der Waals surface area contributed by atoms with Crippen molar-refractivity contribution >= 4 is 33.7 Å². The van der Waals surface area contributed by atoms with Crippen molar-refractivity contribution in [2.45, 2.75) is 0 Å². The minimum atomic E-state index is -1.93. The first-order valence-corrected chi connectivity index (χ1v) is 6.49. The second-order valence-corrected chi connectivity index (χ2v) is 5.13. The van der Waals surface area contributed by atoms with Gasteiger partial charge in [-0.2, -0.15) is 0 Å². The monoisotopic (exact) mass is 318 g/mol. The van der Waals surface area contributed by atoms with Gasteiger partial charge in [-0.3, -0.25) is 0 Å². The van der Waals surface area contributed by atoms with Crippen molar-refractivity contribution in [3.63, 3.8) is 0 Å². The largest absolute Gasteiger partial charge is 0.203 e. The van der Waals surface area contributed by atoms with Crippen molar-refractivity contribution in [1.82, 2.24) is 10.2 Å². The van der Waals surface area contributed by atoms with Crippen LogP contribution in [0.4, 0.5) is 17.6 Å². The third-order valence-electron chi connectivity index (χ3n) is 2.70. The van der Waals surface area contributed by atoms with Crippen molar-refractivity contribution in [1.29, 1.82) is 0 Å². The molecule has 0 saturated heterocycles. The van der Waals surface area contributed by atoms with E-state index >= 15 is 0 Å². The molecule has 0 spiro atoms. The highest BCUT2D eigenvalue weighted by atomic mass is 35.5. The summed E-state index contributed by atoms with van der Waals surface area (Å²) in [6, 6.07) is 3.22. The van der Waals surface area contributed by atoms with Gasteiger partial charge in [-0.15, -0.1) is 21.5 Å². The molecular formula is C12H3ClF4N2S. The Morgan fingerprint density at radius 3 is 2.15 bits per heavy atom. The summed E-state index contributed by atoms with van der Waals surface area (Å²) in [6.07, 6.45) is 0. The van der Waals surface area contributed by atoms with E-state index in [2.05, 4.69) is 10.2 Å². The first kappa shape index (κ1) is 13.3. The van der Waals surface area contributed by atoms with Gasteiger partial charge in [-0.05, 0) is 11.4 Å². The third-order valence-corrected chi connectivity index (χ3v) is 3.84. The number of hydrogen-bond acceptors (Lipinski definition) is 3. The van der Waals surface area contributed by atoms with Gasteiger partial charge in [-0.1, -0.05) is 17.7 Å². The van der Waals surface area contributed by atoms with Gasteiger partial charge in [0.1, 0.15) is 5.69 Å². The van der Waals surface area contributed by atoms with Gasteiger partial charge in [0.05, 0.1) is 15.6 Å². The van der Waals surface area contributed by atoms with Crippen molar-refractivity contribution in [3.05, 3.63) is 45.9 Å². The van der Waals surface area contributed by atoms with Crippen LogP contribution in [-0.2, 0) is 0 Å². The molecule has 0 saturated carbocycles. The molecule has 3 rings (SSSR count). The Balaban J connectivity index is 2.55. The summed E-state index contributed by atoms with van der Waals surface area (Å²) in [5, 5.41) is 7.11. The van der Waals surface area contributed by atoms with E-state index in [1.807, 2.05) is 0 Å². The lowest BCUT2D eigenvalue weighted by molar-refractivity contribution is 0.418. The Bertz CT molecular complexity index is 820. The van der Waals surface area contributed by atoms with Crippen LogP contribution in [0.15, 0.2) is 17.5 Å². The number of thiophene rings is 1. The topological polar surface area (TPSA) is 25.8 Å². The molecule has 0 aliphatic rings. The summed E-state index contributed by atoms with van der Waals surface area (Å²) >= 11 is 6.80. The lowest BCUT2D eigenvalue weighted by Gasteiger charge is -2.08. The van der Waals surface area contributed by atoms with Crippen LogP contribution in [0.25, 0.3) is 21.3 Å². The Labute approximate surface area is 118 Å². The average Bonchev–Trinajstić information content (AvgIpc) is 2.96. The van der Waals surface area contributed by atoms with Crippen LogP contribution in [0.2, 0.25) is 5.15 Å². The average molecular weight is 319 g/mol. The fourth-order valence-corrected chi connectivity index (χ4v) is 2.76. The van der Waals surface area contributed by atoms with Crippen LogP contribution in [0.3, 0.4) is 0 Å². The predicted octanol–water partition coefficient (Wildman–Crippen LogP) is 4.57. The minimum absolute atomic E-state index is 0.0882.